The van der Waals surface area contributed by atoms with Gasteiger partial charge in [0.25, 0.3) is 5.91 Å². The standard InChI is InChI=1S/C26H30FN5O4/c1-16-5-3-7-21(17(16)2)29-24(33)15-31(14-20-6-4-12-36-20)26(35)22-13-23(25(28)34)32(30-22)19-10-8-18(27)9-11-19/h3,5,7-11,20,23H,4,6,12-15H2,1-2H3,(H2,28,34)(H,29,33). The van der Waals surface area contributed by atoms with E-state index in [0.717, 1.165) is 24.0 Å². The lowest BCUT2D eigenvalue weighted by Crippen LogP contribution is -2.45. The maximum Gasteiger partial charge on any atom is 0.270 e. The van der Waals surface area contributed by atoms with Crippen molar-refractivity contribution in [2.45, 2.75) is 45.3 Å². The minimum atomic E-state index is -0.900. The van der Waals surface area contributed by atoms with Crippen molar-refractivity contribution in [3.05, 3.63) is 59.4 Å². The minimum absolute atomic E-state index is 0.0217. The summed E-state index contributed by atoms with van der Waals surface area (Å²) in [6.45, 7) is 4.49. The van der Waals surface area contributed by atoms with Crippen molar-refractivity contribution < 1.29 is 23.5 Å². The zero-order valence-electron chi connectivity index (χ0n) is 20.4. The lowest BCUT2D eigenvalue weighted by molar-refractivity contribution is -0.130. The lowest BCUT2D eigenvalue weighted by atomic mass is 10.1. The van der Waals surface area contributed by atoms with Crippen LogP contribution in [0.25, 0.3) is 0 Å². The van der Waals surface area contributed by atoms with Crippen molar-refractivity contribution in [1.82, 2.24) is 4.90 Å². The van der Waals surface area contributed by atoms with Crippen LogP contribution in [0.15, 0.2) is 47.6 Å². The summed E-state index contributed by atoms with van der Waals surface area (Å²) in [5, 5.41) is 8.58. The maximum atomic E-state index is 13.6. The van der Waals surface area contributed by atoms with Crippen LogP contribution in [0.5, 0.6) is 0 Å². The highest BCUT2D eigenvalue weighted by atomic mass is 19.1. The Kier molecular flexibility index (Phi) is 7.64. The van der Waals surface area contributed by atoms with Crippen LogP contribution in [0.3, 0.4) is 0 Å². The van der Waals surface area contributed by atoms with Crippen LogP contribution < -0.4 is 16.1 Å². The van der Waals surface area contributed by atoms with E-state index in [4.69, 9.17) is 10.5 Å². The summed E-state index contributed by atoms with van der Waals surface area (Å²) in [6, 6.07) is 10.1. The third-order valence-electron chi connectivity index (χ3n) is 6.53. The topological polar surface area (TPSA) is 117 Å². The fourth-order valence-corrected chi connectivity index (χ4v) is 4.38. The number of ether oxygens (including phenoxy) is 1. The van der Waals surface area contributed by atoms with Gasteiger partial charge in [0.15, 0.2) is 0 Å². The van der Waals surface area contributed by atoms with Gasteiger partial charge in [-0.25, -0.2) is 4.39 Å². The molecule has 2 aromatic carbocycles. The second-order valence-electron chi connectivity index (χ2n) is 9.11. The number of hydrogen-bond donors (Lipinski definition) is 2. The van der Waals surface area contributed by atoms with Gasteiger partial charge < -0.3 is 20.7 Å². The Morgan fingerprint density at radius 2 is 1.94 bits per heavy atom. The number of benzene rings is 2. The van der Waals surface area contributed by atoms with Crippen molar-refractivity contribution in [2.24, 2.45) is 10.8 Å². The normalized spacial score (nSPS) is 19.2. The number of hydrazone groups is 1. The number of carbonyl (C=O) groups is 3. The Labute approximate surface area is 209 Å². The molecule has 2 heterocycles. The number of hydrogen-bond acceptors (Lipinski definition) is 6. The molecule has 0 spiro atoms. The Bertz CT molecular complexity index is 1180. The highest BCUT2D eigenvalue weighted by molar-refractivity contribution is 6.40. The van der Waals surface area contributed by atoms with Crippen LogP contribution >= 0.6 is 0 Å². The molecule has 2 unspecified atom stereocenters. The molecule has 190 valence electrons. The first-order valence-electron chi connectivity index (χ1n) is 11.9. The molecule has 0 radical (unpaired) electrons. The summed E-state index contributed by atoms with van der Waals surface area (Å²) < 4.78 is 19.1. The highest BCUT2D eigenvalue weighted by Crippen LogP contribution is 2.26. The Morgan fingerprint density at radius 3 is 2.61 bits per heavy atom. The summed E-state index contributed by atoms with van der Waals surface area (Å²) in [5.41, 5.74) is 8.78. The van der Waals surface area contributed by atoms with E-state index in [1.54, 1.807) is 0 Å². The number of amides is 3. The molecule has 2 aliphatic heterocycles. The largest absolute Gasteiger partial charge is 0.376 e. The predicted octanol–water partition coefficient (Wildman–Crippen LogP) is 2.51. The molecule has 1 saturated heterocycles. The minimum Gasteiger partial charge on any atom is -0.376 e. The van der Waals surface area contributed by atoms with E-state index in [-0.39, 0.29) is 37.2 Å². The molecule has 3 amide bonds. The SMILES string of the molecule is Cc1cccc(NC(=O)CN(CC2CCCO2)C(=O)C2=NN(c3ccc(F)cc3)C(C(N)=O)C2)c1C. The summed E-state index contributed by atoms with van der Waals surface area (Å²) >= 11 is 0. The highest BCUT2D eigenvalue weighted by Gasteiger charge is 2.37. The predicted molar refractivity (Wildman–Crippen MR) is 134 cm³/mol. The van der Waals surface area contributed by atoms with Crippen LogP contribution in [0.2, 0.25) is 0 Å². The van der Waals surface area contributed by atoms with Gasteiger partial charge in [-0.3, -0.25) is 19.4 Å². The number of halogens is 1. The van der Waals surface area contributed by atoms with Gasteiger partial charge in [0.05, 0.1) is 11.8 Å². The van der Waals surface area contributed by atoms with Gasteiger partial charge in [-0.1, -0.05) is 12.1 Å². The van der Waals surface area contributed by atoms with Gasteiger partial charge in [-0.05, 0) is 68.1 Å². The number of nitrogens with two attached hydrogens (primary N) is 1. The van der Waals surface area contributed by atoms with Gasteiger partial charge in [-0.15, -0.1) is 0 Å². The molecule has 0 bridgehead atoms. The number of nitrogens with zero attached hydrogens (tertiary/aromatic N) is 3. The van der Waals surface area contributed by atoms with Crippen LogP contribution in [0, 0.1) is 19.7 Å². The van der Waals surface area contributed by atoms with Crippen LogP contribution in [0.1, 0.15) is 30.4 Å². The second kappa shape index (κ2) is 10.9. The van der Waals surface area contributed by atoms with Gasteiger partial charge in [0, 0.05) is 25.3 Å². The van der Waals surface area contributed by atoms with E-state index in [1.165, 1.54) is 34.2 Å². The number of aryl methyl sites for hydroxylation is 1. The first kappa shape index (κ1) is 25.3. The fourth-order valence-electron chi connectivity index (χ4n) is 4.38. The summed E-state index contributed by atoms with van der Waals surface area (Å²) in [5.74, 6) is -1.93. The zero-order chi connectivity index (χ0) is 25.8. The molecule has 2 aromatic rings. The van der Waals surface area contributed by atoms with Gasteiger partial charge in [-0.2, -0.15) is 5.10 Å². The molecule has 0 aromatic heterocycles. The van der Waals surface area contributed by atoms with Crippen LogP contribution in [-0.4, -0.2) is 60.2 Å². The van der Waals surface area contributed by atoms with E-state index in [2.05, 4.69) is 10.4 Å². The van der Waals surface area contributed by atoms with Crippen LogP contribution in [-0.2, 0) is 19.1 Å². The van der Waals surface area contributed by atoms with Gasteiger partial charge in [0.2, 0.25) is 11.8 Å². The number of anilines is 2. The molecule has 4 rings (SSSR count). The second-order valence-corrected chi connectivity index (χ2v) is 9.11. The lowest BCUT2D eigenvalue weighted by Gasteiger charge is -2.25. The van der Waals surface area contributed by atoms with Crippen molar-refractivity contribution in [1.29, 1.82) is 0 Å². The molecule has 0 aliphatic carbocycles. The molecule has 2 atom stereocenters. The first-order valence-corrected chi connectivity index (χ1v) is 11.9. The Morgan fingerprint density at radius 1 is 1.19 bits per heavy atom. The summed E-state index contributed by atoms with van der Waals surface area (Å²) in [7, 11) is 0. The quantitative estimate of drug-likeness (QED) is 0.584. The molecule has 10 heteroatoms. The van der Waals surface area contributed by atoms with Gasteiger partial charge >= 0.3 is 0 Å². The smallest absolute Gasteiger partial charge is 0.270 e. The Balaban J connectivity index is 1.55. The number of carbonyl (C=O) groups excluding carboxylic acids is 3. The molecule has 2 aliphatic rings. The van der Waals surface area contributed by atoms with E-state index >= 15 is 0 Å². The van der Waals surface area contributed by atoms with E-state index in [1.807, 2.05) is 32.0 Å². The molecule has 9 nitrogen and oxygen atoms in total. The third kappa shape index (κ3) is 5.71. The molecular weight excluding hydrogens is 465 g/mol. The number of primary amides is 1. The van der Waals surface area contributed by atoms with E-state index < -0.39 is 23.7 Å². The zero-order valence-corrected chi connectivity index (χ0v) is 20.4. The van der Waals surface area contributed by atoms with Crippen LogP contribution in [0.4, 0.5) is 15.8 Å². The average molecular weight is 496 g/mol. The van der Waals surface area contributed by atoms with Crippen molar-refractivity contribution in [3.63, 3.8) is 0 Å². The van der Waals surface area contributed by atoms with E-state index in [9.17, 15) is 18.8 Å². The van der Waals surface area contributed by atoms with Crippen molar-refractivity contribution in [2.75, 3.05) is 30.0 Å². The van der Waals surface area contributed by atoms with E-state index in [0.29, 0.717) is 18.0 Å². The fraction of sp³-hybridized carbons (Fsp3) is 0.385. The Hall–Kier alpha value is -3.79. The van der Waals surface area contributed by atoms with Gasteiger partial charge in [0.1, 0.15) is 24.1 Å². The first-order chi connectivity index (χ1) is 17.2. The number of rotatable bonds is 8. The average Bonchev–Trinajstić information content (AvgIpc) is 3.52. The molecule has 3 N–H and O–H groups in total. The molecule has 1 fully saturated rings. The van der Waals surface area contributed by atoms with Crippen molar-refractivity contribution in [3.8, 4) is 0 Å². The maximum absolute atomic E-state index is 13.6. The van der Waals surface area contributed by atoms with Crippen molar-refractivity contribution >= 4 is 34.8 Å². The number of nitrogens with one attached hydrogen (secondary N) is 1. The third-order valence-corrected chi connectivity index (χ3v) is 6.53. The molecular formula is C26H30FN5O4. The monoisotopic (exact) mass is 495 g/mol. The summed E-state index contributed by atoms with van der Waals surface area (Å²) in [6.07, 6.45) is 1.45. The summed E-state index contributed by atoms with van der Waals surface area (Å²) in [4.78, 5) is 40.1. The molecule has 0 saturated carbocycles. The molecule has 36 heavy (non-hydrogen) atoms.